The molecule has 0 spiro atoms. The first-order chi connectivity index (χ1) is 23.9. The predicted molar refractivity (Wildman–Crippen MR) is 179 cm³/mol. The lowest BCUT2D eigenvalue weighted by Crippen LogP contribution is -2.25. The van der Waals surface area contributed by atoms with E-state index in [1.165, 1.54) is 24.4 Å². The van der Waals surface area contributed by atoms with Crippen molar-refractivity contribution in [1.29, 1.82) is 0 Å². The van der Waals surface area contributed by atoms with Crippen molar-refractivity contribution in [2.45, 2.75) is 78.0 Å². The Morgan fingerprint density at radius 3 is 2.02 bits per heavy atom. The number of rotatable bonds is 15. The van der Waals surface area contributed by atoms with Crippen LogP contribution in [0.4, 0.5) is 32.3 Å². The van der Waals surface area contributed by atoms with Gasteiger partial charge in [0.05, 0.1) is 43.3 Å². The molecule has 14 heteroatoms. The molecular formula is C37H39F6N3O5. The highest BCUT2D eigenvalue weighted by atomic mass is 19.4. The van der Waals surface area contributed by atoms with Crippen LogP contribution in [0.2, 0.25) is 0 Å². The summed E-state index contributed by atoms with van der Waals surface area (Å²) >= 11 is 0. The number of anilines is 1. The zero-order chi connectivity index (χ0) is 37.5. The van der Waals surface area contributed by atoms with Gasteiger partial charge in [-0.25, -0.2) is 9.97 Å². The topological polar surface area (TPSA) is 94.0 Å². The number of carbonyl (C=O) groups is 1. The SMILES string of the molecule is COc1ccc(C(C)C)cc1-c1ccc(OC(C)C)cc1CN(Cc1cc(C(F)(F)F)cc(C(F)(F)F)c1)c1ncc(OCCCC(=O)O)cn1. The summed E-state index contributed by atoms with van der Waals surface area (Å²) in [5.74, 6) is 0.416. The second-order valence-corrected chi connectivity index (χ2v) is 12.4. The molecule has 0 aliphatic carbocycles. The number of halogens is 6. The molecule has 3 aromatic carbocycles. The summed E-state index contributed by atoms with van der Waals surface area (Å²) < 4.78 is 100. The molecule has 51 heavy (non-hydrogen) atoms. The van der Waals surface area contributed by atoms with Crippen LogP contribution in [0.1, 0.15) is 74.3 Å². The van der Waals surface area contributed by atoms with Gasteiger partial charge in [-0.2, -0.15) is 26.3 Å². The third-order valence-corrected chi connectivity index (χ3v) is 7.71. The lowest BCUT2D eigenvalue weighted by atomic mass is 9.93. The Hall–Kier alpha value is -5.01. The van der Waals surface area contributed by atoms with Gasteiger partial charge in [-0.15, -0.1) is 0 Å². The Balaban J connectivity index is 1.85. The first-order valence-corrected chi connectivity index (χ1v) is 16.1. The highest BCUT2D eigenvalue weighted by Gasteiger charge is 2.37. The Kier molecular flexibility index (Phi) is 12.4. The number of nitrogens with zero attached hydrogens (tertiary/aromatic N) is 3. The lowest BCUT2D eigenvalue weighted by Gasteiger charge is -2.26. The average molecular weight is 720 g/mol. The van der Waals surface area contributed by atoms with E-state index in [-0.39, 0.29) is 61.3 Å². The number of hydrogen-bond donors (Lipinski definition) is 1. The number of benzene rings is 3. The molecule has 4 rings (SSSR count). The van der Waals surface area contributed by atoms with Crippen molar-refractivity contribution in [2.24, 2.45) is 0 Å². The molecule has 0 saturated heterocycles. The van der Waals surface area contributed by atoms with Crippen molar-refractivity contribution in [3.8, 4) is 28.4 Å². The molecule has 4 aromatic rings. The first kappa shape index (κ1) is 38.8. The van der Waals surface area contributed by atoms with Gasteiger partial charge >= 0.3 is 18.3 Å². The third-order valence-electron chi connectivity index (χ3n) is 7.71. The first-order valence-electron chi connectivity index (χ1n) is 16.1. The molecule has 0 radical (unpaired) electrons. The zero-order valence-corrected chi connectivity index (χ0v) is 28.7. The fourth-order valence-corrected chi connectivity index (χ4v) is 5.30. The summed E-state index contributed by atoms with van der Waals surface area (Å²) in [6.07, 6.45) is -7.56. The largest absolute Gasteiger partial charge is 0.496 e. The van der Waals surface area contributed by atoms with Gasteiger partial charge in [-0.1, -0.05) is 26.0 Å². The van der Waals surface area contributed by atoms with E-state index in [0.717, 1.165) is 11.1 Å². The Morgan fingerprint density at radius 1 is 0.824 bits per heavy atom. The fraction of sp³-hybridized carbons (Fsp3) is 0.378. The van der Waals surface area contributed by atoms with E-state index in [0.29, 0.717) is 34.8 Å². The summed E-state index contributed by atoms with van der Waals surface area (Å²) in [7, 11) is 1.53. The molecule has 0 saturated carbocycles. The minimum absolute atomic E-state index is 0.0112. The molecule has 1 N–H and O–H groups in total. The summed E-state index contributed by atoms with van der Waals surface area (Å²) in [5, 5.41) is 8.87. The molecule has 0 aliphatic rings. The number of hydrogen-bond acceptors (Lipinski definition) is 7. The van der Waals surface area contributed by atoms with Crippen molar-refractivity contribution in [2.75, 3.05) is 18.6 Å². The Bertz CT molecular complexity index is 1760. The van der Waals surface area contributed by atoms with Crippen LogP contribution < -0.4 is 19.1 Å². The van der Waals surface area contributed by atoms with E-state index in [2.05, 4.69) is 9.97 Å². The number of aromatic nitrogens is 2. The minimum atomic E-state index is -5.04. The van der Waals surface area contributed by atoms with E-state index in [9.17, 15) is 31.1 Å². The van der Waals surface area contributed by atoms with E-state index in [1.54, 1.807) is 12.1 Å². The van der Waals surface area contributed by atoms with Crippen LogP contribution in [0.15, 0.2) is 67.0 Å². The highest BCUT2D eigenvalue weighted by Crippen LogP contribution is 2.39. The van der Waals surface area contributed by atoms with Gasteiger partial charge in [0.15, 0.2) is 5.75 Å². The van der Waals surface area contributed by atoms with Crippen LogP contribution in [-0.2, 0) is 30.2 Å². The van der Waals surface area contributed by atoms with Crippen molar-refractivity contribution in [3.63, 3.8) is 0 Å². The molecular weight excluding hydrogens is 680 g/mol. The number of ether oxygens (including phenoxy) is 3. The normalized spacial score (nSPS) is 11.9. The van der Waals surface area contributed by atoms with Crippen LogP contribution in [0.25, 0.3) is 11.1 Å². The number of methoxy groups -OCH3 is 1. The lowest BCUT2D eigenvalue weighted by molar-refractivity contribution is -0.143. The van der Waals surface area contributed by atoms with Crippen molar-refractivity contribution in [3.05, 3.63) is 94.8 Å². The van der Waals surface area contributed by atoms with Crippen LogP contribution in [0.5, 0.6) is 17.2 Å². The van der Waals surface area contributed by atoms with E-state index in [1.807, 2.05) is 52.0 Å². The molecule has 1 aromatic heterocycles. The Labute approximate surface area is 292 Å². The number of aliphatic carboxylic acids is 1. The molecule has 0 fully saturated rings. The third kappa shape index (κ3) is 10.7. The molecule has 8 nitrogen and oxygen atoms in total. The quantitative estimate of drug-likeness (QED) is 0.0960. The van der Waals surface area contributed by atoms with Crippen molar-refractivity contribution >= 4 is 11.9 Å². The molecule has 0 aliphatic heterocycles. The van der Waals surface area contributed by atoms with Crippen LogP contribution in [0, 0.1) is 0 Å². The second-order valence-electron chi connectivity index (χ2n) is 12.4. The summed E-state index contributed by atoms with van der Waals surface area (Å²) in [4.78, 5) is 21.0. The van der Waals surface area contributed by atoms with Crippen LogP contribution in [0.3, 0.4) is 0 Å². The van der Waals surface area contributed by atoms with Crippen LogP contribution >= 0.6 is 0 Å². The maximum Gasteiger partial charge on any atom is 0.416 e. The number of alkyl halides is 6. The maximum absolute atomic E-state index is 13.8. The van der Waals surface area contributed by atoms with Gasteiger partial charge in [-0.05, 0) is 90.9 Å². The van der Waals surface area contributed by atoms with Crippen LogP contribution in [-0.4, -0.2) is 40.9 Å². The molecule has 0 amide bonds. The van der Waals surface area contributed by atoms with E-state index >= 15 is 0 Å². The highest BCUT2D eigenvalue weighted by molar-refractivity contribution is 5.75. The van der Waals surface area contributed by atoms with E-state index in [4.69, 9.17) is 19.3 Å². The molecule has 274 valence electrons. The monoisotopic (exact) mass is 719 g/mol. The summed E-state index contributed by atoms with van der Waals surface area (Å²) in [6, 6.07) is 12.6. The Morgan fingerprint density at radius 2 is 1.47 bits per heavy atom. The maximum atomic E-state index is 13.8. The van der Waals surface area contributed by atoms with Gasteiger partial charge in [0.25, 0.3) is 0 Å². The van der Waals surface area contributed by atoms with Crippen molar-refractivity contribution < 1.29 is 50.5 Å². The van der Waals surface area contributed by atoms with E-state index < -0.39 is 36.0 Å². The van der Waals surface area contributed by atoms with Gasteiger partial charge in [0.1, 0.15) is 11.5 Å². The fourth-order valence-electron chi connectivity index (χ4n) is 5.30. The zero-order valence-electron chi connectivity index (χ0n) is 28.7. The summed E-state index contributed by atoms with van der Waals surface area (Å²) in [6.45, 7) is 7.32. The van der Waals surface area contributed by atoms with Gasteiger partial charge in [0, 0.05) is 25.1 Å². The number of carboxylic acid groups (broad SMARTS) is 1. The predicted octanol–water partition coefficient (Wildman–Crippen LogP) is 9.55. The van der Waals surface area contributed by atoms with Gasteiger partial charge in [0.2, 0.25) is 5.95 Å². The standard InChI is InChI=1S/C37H39F6N3O5/c1-22(2)25-8-11-33(49-5)32(16-25)31-10-9-29(51-23(3)4)15-26(31)21-46(35-44-18-30(19-45-35)50-12-6-7-34(47)48)20-24-13-27(36(38,39)40)17-28(14-24)37(41,42)43/h8-11,13-19,22-23H,6-7,12,20-21H2,1-5H3,(H,47,48). The smallest absolute Gasteiger partial charge is 0.416 e. The van der Waals surface area contributed by atoms with Crippen molar-refractivity contribution in [1.82, 2.24) is 9.97 Å². The molecule has 0 unspecified atom stereocenters. The molecule has 0 atom stereocenters. The molecule has 1 heterocycles. The summed E-state index contributed by atoms with van der Waals surface area (Å²) in [5.41, 5.74) is -0.128. The average Bonchev–Trinajstić information content (AvgIpc) is 3.05. The number of carboxylic acids is 1. The van der Waals surface area contributed by atoms with Gasteiger partial charge in [-0.3, -0.25) is 4.79 Å². The second kappa shape index (κ2) is 16.3. The molecule has 0 bridgehead atoms. The minimum Gasteiger partial charge on any atom is -0.496 e. The van der Waals surface area contributed by atoms with Gasteiger partial charge < -0.3 is 24.2 Å².